The van der Waals surface area contributed by atoms with Crippen LogP contribution in [-0.2, 0) is 0 Å². The molecule has 1 heterocycles. The van der Waals surface area contributed by atoms with Crippen LogP contribution < -0.4 is 16.4 Å². The molecular formula is C13H14N4O. The molecule has 0 radical (unpaired) electrons. The van der Waals surface area contributed by atoms with Crippen molar-refractivity contribution in [3.05, 3.63) is 48.2 Å². The van der Waals surface area contributed by atoms with Crippen LogP contribution in [0.5, 0.6) is 0 Å². The van der Waals surface area contributed by atoms with Gasteiger partial charge in [0.2, 0.25) is 0 Å². The number of rotatable bonds is 3. The number of nitrogens with zero attached hydrogens (tertiary/aromatic N) is 1. The molecule has 0 fully saturated rings. The summed E-state index contributed by atoms with van der Waals surface area (Å²) in [4.78, 5) is 16.1. The molecule has 0 saturated heterocycles. The Balaban J connectivity index is 2.24. The third-order valence-corrected chi connectivity index (χ3v) is 2.53. The maximum atomic E-state index is 12.0. The number of nitrogen functional groups attached to an aromatic ring is 1. The Kier molecular flexibility index (Phi) is 3.43. The summed E-state index contributed by atoms with van der Waals surface area (Å²) in [5.74, 6) is 0.222. The molecule has 2 rings (SSSR count). The van der Waals surface area contributed by atoms with Crippen molar-refractivity contribution in [2.75, 3.05) is 23.4 Å². The minimum Gasteiger partial charge on any atom is -0.396 e. The molecule has 0 atom stereocenters. The van der Waals surface area contributed by atoms with E-state index in [4.69, 9.17) is 5.73 Å². The molecule has 0 aliphatic rings. The lowest BCUT2D eigenvalue weighted by Gasteiger charge is -2.10. The van der Waals surface area contributed by atoms with E-state index in [0.29, 0.717) is 17.1 Å². The maximum Gasteiger partial charge on any atom is 0.258 e. The molecule has 1 aromatic carbocycles. The Bertz CT molecular complexity index is 554. The van der Waals surface area contributed by atoms with Crippen LogP contribution in [0.1, 0.15) is 10.4 Å². The summed E-state index contributed by atoms with van der Waals surface area (Å²) in [6, 6.07) is 10.6. The average Bonchev–Trinajstić information content (AvgIpc) is 2.40. The molecule has 1 amide bonds. The predicted octanol–water partition coefficient (Wildman–Crippen LogP) is 1.96. The van der Waals surface area contributed by atoms with E-state index in [0.717, 1.165) is 5.69 Å². The molecule has 0 aliphatic carbocycles. The molecule has 92 valence electrons. The highest BCUT2D eigenvalue weighted by molar-refractivity contribution is 6.08. The number of amides is 1. The third kappa shape index (κ3) is 2.40. The van der Waals surface area contributed by atoms with Gasteiger partial charge in [0.25, 0.3) is 5.91 Å². The minimum absolute atomic E-state index is 0.275. The number of aromatic nitrogens is 1. The lowest BCUT2D eigenvalue weighted by atomic mass is 10.1. The van der Waals surface area contributed by atoms with Crippen molar-refractivity contribution in [2.45, 2.75) is 0 Å². The summed E-state index contributed by atoms with van der Waals surface area (Å²) in [7, 11) is 1.76. The van der Waals surface area contributed by atoms with Gasteiger partial charge >= 0.3 is 0 Å². The van der Waals surface area contributed by atoms with E-state index >= 15 is 0 Å². The number of carbonyl (C=O) groups excluding carboxylic acids is 1. The van der Waals surface area contributed by atoms with Gasteiger partial charge in [0.1, 0.15) is 5.82 Å². The van der Waals surface area contributed by atoms with Crippen LogP contribution in [0.15, 0.2) is 42.6 Å². The average molecular weight is 242 g/mol. The Morgan fingerprint density at radius 3 is 2.72 bits per heavy atom. The fourth-order valence-corrected chi connectivity index (χ4v) is 1.60. The van der Waals surface area contributed by atoms with Crippen LogP contribution in [0.2, 0.25) is 0 Å². The number of nitrogens with one attached hydrogen (secondary N) is 2. The van der Waals surface area contributed by atoms with E-state index in [9.17, 15) is 4.79 Å². The highest BCUT2D eigenvalue weighted by Crippen LogP contribution is 2.22. The summed E-state index contributed by atoms with van der Waals surface area (Å²) >= 11 is 0. The SMILES string of the molecule is CNc1cccc(C(=O)Nc2ccccn2)c1N. The first-order chi connectivity index (χ1) is 8.72. The highest BCUT2D eigenvalue weighted by Gasteiger charge is 2.12. The van der Waals surface area contributed by atoms with E-state index < -0.39 is 0 Å². The number of pyridine rings is 1. The molecule has 5 nitrogen and oxygen atoms in total. The van der Waals surface area contributed by atoms with E-state index in [1.54, 1.807) is 43.6 Å². The molecule has 5 heteroatoms. The molecule has 0 unspecified atom stereocenters. The van der Waals surface area contributed by atoms with Crippen LogP contribution in [0.4, 0.5) is 17.2 Å². The van der Waals surface area contributed by atoms with Crippen LogP contribution in [0, 0.1) is 0 Å². The van der Waals surface area contributed by atoms with E-state index in [1.807, 2.05) is 6.07 Å². The monoisotopic (exact) mass is 242 g/mol. The molecular weight excluding hydrogens is 228 g/mol. The van der Waals surface area contributed by atoms with Gasteiger partial charge < -0.3 is 16.4 Å². The standard InChI is InChI=1S/C13H14N4O/c1-15-10-6-4-5-9(12(10)14)13(18)17-11-7-2-3-8-16-11/h2-8,15H,14H2,1H3,(H,16,17,18). The van der Waals surface area contributed by atoms with Crippen molar-refractivity contribution in [3.8, 4) is 0 Å². The molecule has 0 saturated carbocycles. The first-order valence-electron chi connectivity index (χ1n) is 5.51. The van der Waals surface area contributed by atoms with E-state index in [2.05, 4.69) is 15.6 Å². The molecule has 2 aromatic rings. The number of para-hydroxylation sites is 1. The van der Waals surface area contributed by atoms with Crippen LogP contribution in [-0.4, -0.2) is 17.9 Å². The van der Waals surface area contributed by atoms with Gasteiger partial charge in [-0.05, 0) is 24.3 Å². The lowest BCUT2D eigenvalue weighted by molar-refractivity contribution is 0.102. The summed E-state index contributed by atoms with van der Waals surface area (Å²) in [5.41, 5.74) is 7.48. The second-order valence-electron chi connectivity index (χ2n) is 3.69. The second-order valence-corrected chi connectivity index (χ2v) is 3.69. The maximum absolute atomic E-state index is 12.0. The Morgan fingerprint density at radius 1 is 1.22 bits per heavy atom. The molecule has 0 bridgehead atoms. The van der Waals surface area contributed by atoms with E-state index in [-0.39, 0.29) is 5.91 Å². The Labute approximate surface area is 105 Å². The summed E-state index contributed by atoms with van der Waals surface area (Å²) in [6.45, 7) is 0. The van der Waals surface area contributed by atoms with Crippen molar-refractivity contribution in [1.82, 2.24) is 4.98 Å². The van der Waals surface area contributed by atoms with Crippen molar-refractivity contribution in [3.63, 3.8) is 0 Å². The molecule has 4 N–H and O–H groups in total. The second kappa shape index (κ2) is 5.18. The predicted molar refractivity (Wildman–Crippen MR) is 72.6 cm³/mol. The van der Waals surface area contributed by atoms with Gasteiger partial charge in [-0.25, -0.2) is 4.98 Å². The van der Waals surface area contributed by atoms with Gasteiger partial charge in [-0.15, -0.1) is 0 Å². The fourth-order valence-electron chi connectivity index (χ4n) is 1.60. The number of hydrogen-bond donors (Lipinski definition) is 3. The van der Waals surface area contributed by atoms with Crippen LogP contribution in [0.25, 0.3) is 0 Å². The van der Waals surface area contributed by atoms with Crippen molar-refractivity contribution in [2.24, 2.45) is 0 Å². The Hall–Kier alpha value is -2.56. The number of carbonyl (C=O) groups is 1. The minimum atomic E-state index is -0.275. The zero-order valence-electron chi connectivity index (χ0n) is 9.97. The van der Waals surface area contributed by atoms with Gasteiger partial charge in [-0.3, -0.25) is 4.79 Å². The highest BCUT2D eigenvalue weighted by atomic mass is 16.1. The molecule has 18 heavy (non-hydrogen) atoms. The summed E-state index contributed by atoms with van der Waals surface area (Å²) in [5, 5.41) is 5.63. The lowest BCUT2D eigenvalue weighted by Crippen LogP contribution is -2.15. The topological polar surface area (TPSA) is 80.0 Å². The van der Waals surface area contributed by atoms with Gasteiger partial charge in [0, 0.05) is 13.2 Å². The zero-order valence-corrected chi connectivity index (χ0v) is 9.97. The number of nitrogens with two attached hydrogens (primary N) is 1. The first kappa shape index (κ1) is 11.9. The van der Waals surface area contributed by atoms with Crippen molar-refractivity contribution < 1.29 is 4.79 Å². The Morgan fingerprint density at radius 2 is 2.06 bits per heavy atom. The quantitative estimate of drug-likeness (QED) is 0.719. The number of benzene rings is 1. The molecule has 1 aromatic heterocycles. The van der Waals surface area contributed by atoms with Crippen LogP contribution in [0.3, 0.4) is 0 Å². The third-order valence-electron chi connectivity index (χ3n) is 2.53. The number of hydrogen-bond acceptors (Lipinski definition) is 4. The van der Waals surface area contributed by atoms with E-state index in [1.165, 1.54) is 0 Å². The van der Waals surface area contributed by atoms with Crippen molar-refractivity contribution in [1.29, 1.82) is 0 Å². The van der Waals surface area contributed by atoms with Gasteiger partial charge in [-0.2, -0.15) is 0 Å². The molecule has 0 spiro atoms. The van der Waals surface area contributed by atoms with Gasteiger partial charge in [-0.1, -0.05) is 12.1 Å². The number of anilines is 3. The van der Waals surface area contributed by atoms with Gasteiger partial charge in [0.05, 0.1) is 16.9 Å². The largest absolute Gasteiger partial charge is 0.396 e. The van der Waals surface area contributed by atoms with Gasteiger partial charge in [0.15, 0.2) is 0 Å². The smallest absolute Gasteiger partial charge is 0.258 e. The zero-order chi connectivity index (χ0) is 13.0. The van der Waals surface area contributed by atoms with Crippen LogP contribution >= 0.6 is 0 Å². The summed E-state index contributed by atoms with van der Waals surface area (Å²) < 4.78 is 0. The fraction of sp³-hybridized carbons (Fsp3) is 0.0769. The molecule has 0 aliphatic heterocycles. The first-order valence-corrected chi connectivity index (χ1v) is 5.51. The summed E-state index contributed by atoms with van der Waals surface area (Å²) in [6.07, 6.45) is 1.61. The normalized spacial score (nSPS) is 9.83. The van der Waals surface area contributed by atoms with Crippen molar-refractivity contribution >= 4 is 23.1 Å².